The van der Waals surface area contributed by atoms with E-state index in [1.54, 1.807) is 0 Å². The summed E-state index contributed by atoms with van der Waals surface area (Å²) in [7, 11) is 0. The zero-order valence-corrected chi connectivity index (χ0v) is 12.4. The SMILES string of the molecule is CCCC[C@H](O)[C@H](N)c1c(O)cc(Cl)cc1Cl.Cl. The van der Waals surface area contributed by atoms with Crippen molar-refractivity contribution in [1.29, 1.82) is 0 Å². The van der Waals surface area contributed by atoms with Gasteiger partial charge in [-0.2, -0.15) is 0 Å². The molecule has 0 aromatic heterocycles. The van der Waals surface area contributed by atoms with Crippen LogP contribution in [0.15, 0.2) is 12.1 Å². The van der Waals surface area contributed by atoms with Crippen molar-refractivity contribution in [2.75, 3.05) is 0 Å². The Morgan fingerprint density at radius 3 is 2.44 bits per heavy atom. The number of unbranched alkanes of at least 4 members (excludes halogenated alkanes) is 1. The van der Waals surface area contributed by atoms with E-state index in [1.807, 2.05) is 6.92 Å². The van der Waals surface area contributed by atoms with Gasteiger partial charge in [-0.25, -0.2) is 0 Å². The molecule has 1 aromatic carbocycles. The largest absolute Gasteiger partial charge is 0.507 e. The highest BCUT2D eigenvalue weighted by molar-refractivity contribution is 6.35. The second kappa shape index (κ2) is 8.08. The minimum absolute atomic E-state index is 0. The maximum absolute atomic E-state index is 9.89. The summed E-state index contributed by atoms with van der Waals surface area (Å²) < 4.78 is 0. The van der Waals surface area contributed by atoms with Gasteiger partial charge in [-0.1, -0.05) is 43.0 Å². The lowest BCUT2D eigenvalue weighted by molar-refractivity contribution is 0.131. The van der Waals surface area contributed by atoms with E-state index in [0.29, 0.717) is 17.0 Å². The van der Waals surface area contributed by atoms with Gasteiger partial charge in [-0.15, -0.1) is 12.4 Å². The first-order chi connectivity index (χ1) is 7.97. The van der Waals surface area contributed by atoms with Crippen LogP contribution in [0.3, 0.4) is 0 Å². The standard InChI is InChI=1S/C12H17Cl2NO2.ClH/c1-2-3-4-9(16)12(15)11-8(14)5-7(13)6-10(11)17;/h5-6,9,12,16-17H,2-4,15H2,1H3;1H/t9-,12-;/m0./s1. The topological polar surface area (TPSA) is 66.5 Å². The third-order valence-corrected chi connectivity index (χ3v) is 3.20. The Labute approximate surface area is 123 Å². The van der Waals surface area contributed by atoms with Crippen molar-refractivity contribution >= 4 is 35.6 Å². The third kappa shape index (κ3) is 4.48. The number of benzene rings is 1. The molecule has 0 bridgehead atoms. The normalized spacial score (nSPS) is 13.8. The van der Waals surface area contributed by atoms with Gasteiger partial charge < -0.3 is 15.9 Å². The molecular formula is C12H18Cl3NO2. The lowest BCUT2D eigenvalue weighted by Gasteiger charge is -2.21. The summed E-state index contributed by atoms with van der Waals surface area (Å²) in [5.74, 6) is -0.0782. The Balaban J connectivity index is 0.00000289. The average molecular weight is 315 g/mol. The maximum Gasteiger partial charge on any atom is 0.123 e. The van der Waals surface area contributed by atoms with Crippen LogP contribution in [-0.2, 0) is 0 Å². The molecule has 0 aliphatic rings. The monoisotopic (exact) mass is 313 g/mol. The summed E-state index contributed by atoms with van der Waals surface area (Å²) >= 11 is 11.7. The van der Waals surface area contributed by atoms with Crippen LogP contribution in [0.5, 0.6) is 5.75 Å². The number of aliphatic hydroxyl groups is 1. The Kier molecular flexibility index (Phi) is 7.99. The van der Waals surface area contributed by atoms with E-state index in [1.165, 1.54) is 12.1 Å². The molecule has 6 heteroatoms. The molecule has 0 heterocycles. The first-order valence-corrected chi connectivity index (χ1v) is 6.34. The molecule has 18 heavy (non-hydrogen) atoms. The highest BCUT2D eigenvalue weighted by Gasteiger charge is 2.22. The second-order valence-corrected chi connectivity index (χ2v) is 4.90. The number of phenols is 1. The van der Waals surface area contributed by atoms with Crippen LogP contribution in [0.25, 0.3) is 0 Å². The Hall–Kier alpha value is -0.190. The van der Waals surface area contributed by atoms with E-state index >= 15 is 0 Å². The summed E-state index contributed by atoms with van der Waals surface area (Å²) in [6, 6.07) is 2.17. The van der Waals surface area contributed by atoms with Crippen molar-refractivity contribution in [2.24, 2.45) is 5.73 Å². The lowest BCUT2D eigenvalue weighted by atomic mass is 9.97. The van der Waals surface area contributed by atoms with Crippen molar-refractivity contribution in [3.8, 4) is 5.75 Å². The molecule has 0 aliphatic carbocycles. The Morgan fingerprint density at radius 1 is 1.33 bits per heavy atom. The first kappa shape index (κ1) is 17.8. The quantitative estimate of drug-likeness (QED) is 0.777. The molecule has 1 rings (SSSR count). The molecule has 0 saturated heterocycles. The van der Waals surface area contributed by atoms with E-state index in [2.05, 4.69) is 0 Å². The molecule has 2 atom stereocenters. The number of nitrogens with two attached hydrogens (primary N) is 1. The van der Waals surface area contributed by atoms with Gasteiger partial charge in [0.1, 0.15) is 5.75 Å². The molecule has 0 amide bonds. The number of halogens is 3. The summed E-state index contributed by atoms with van der Waals surface area (Å²) in [6.45, 7) is 2.03. The second-order valence-electron chi connectivity index (χ2n) is 4.06. The van der Waals surface area contributed by atoms with Gasteiger partial charge >= 0.3 is 0 Å². The molecule has 0 aliphatic heterocycles. The minimum Gasteiger partial charge on any atom is -0.507 e. The zero-order chi connectivity index (χ0) is 13.0. The average Bonchev–Trinajstić information content (AvgIpc) is 2.24. The van der Waals surface area contributed by atoms with Crippen LogP contribution in [0.4, 0.5) is 0 Å². The molecule has 0 radical (unpaired) electrons. The fourth-order valence-electron chi connectivity index (χ4n) is 1.69. The number of hydrogen-bond acceptors (Lipinski definition) is 3. The molecule has 104 valence electrons. The van der Waals surface area contributed by atoms with E-state index in [0.717, 1.165) is 12.8 Å². The zero-order valence-electron chi connectivity index (χ0n) is 10.1. The fraction of sp³-hybridized carbons (Fsp3) is 0.500. The van der Waals surface area contributed by atoms with Crippen LogP contribution in [0.2, 0.25) is 10.0 Å². The Morgan fingerprint density at radius 2 is 1.94 bits per heavy atom. The van der Waals surface area contributed by atoms with Crippen LogP contribution >= 0.6 is 35.6 Å². The van der Waals surface area contributed by atoms with Crippen LogP contribution < -0.4 is 5.73 Å². The molecule has 0 saturated carbocycles. The van der Waals surface area contributed by atoms with E-state index in [4.69, 9.17) is 28.9 Å². The number of phenolic OH excluding ortho intramolecular Hbond substituents is 1. The van der Waals surface area contributed by atoms with Gasteiger partial charge in [0.15, 0.2) is 0 Å². The summed E-state index contributed by atoms with van der Waals surface area (Å²) in [5.41, 5.74) is 6.24. The molecule has 0 unspecified atom stereocenters. The maximum atomic E-state index is 9.89. The van der Waals surface area contributed by atoms with E-state index in [-0.39, 0.29) is 23.2 Å². The highest BCUT2D eigenvalue weighted by atomic mass is 35.5. The number of hydrogen-bond donors (Lipinski definition) is 3. The first-order valence-electron chi connectivity index (χ1n) is 5.59. The predicted molar refractivity (Wildman–Crippen MR) is 77.8 cm³/mol. The summed E-state index contributed by atoms with van der Waals surface area (Å²) in [5, 5.41) is 20.3. The van der Waals surface area contributed by atoms with Crippen molar-refractivity contribution in [2.45, 2.75) is 38.3 Å². The molecule has 3 nitrogen and oxygen atoms in total. The lowest BCUT2D eigenvalue weighted by Crippen LogP contribution is -2.26. The van der Waals surface area contributed by atoms with Gasteiger partial charge in [-0.05, 0) is 18.6 Å². The van der Waals surface area contributed by atoms with Crippen LogP contribution in [0.1, 0.15) is 37.8 Å². The molecule has 1 aromatic rings. The van der Waals surface area contributed by atoms with Crippen LogP contribution in [0, 0.1) is 0 Å². The van der Waals surface area contributed by atoms with Gasteiger partial charge in [0.25, 0.3) is 0 Å². The molecule has 0 fully saturated rings. The van der Waals surface area contributed by atoms with E-state index in [9.17, 15) is 10.2 Å². The number of rotatable bonds is 5. The van der Waals surface area contributed by atoms with Crippen molar-refractivity contribution in [3.63, 3.8) is 0 Å². The third-order valence-electron chi connectivity index (χ3n) is 2.67. The minimum atomic E-state index is -0.723. The van der Waals surface area contributed by atoms with Crippen LogP contribution in [-0.4, -0.2) is 16.3 Å². The molecule has 4 N–H and O–H groups in total. The van der Waals surface area contributed by atoms with Gasteiger partial charge in [0, 0.05) is 10.6 Å². The summed E-state index contributed by atoms with van der Waals surface area (Å²) in [6.07, 6.45) is 1.71. The highest BCUT2D eigenvalue weighted by Crippen LogP contribution is 2.35. The number of aromatic hydroxyl groups is 1. The van der Waals surface area contributed by atoms with Gasteiger partial charge in [0.05, 0.1) is 17.2 Å². The number of aliphatic hydroxyl groups excluding tert-OH is 1. The molecular weight excluding hydrogens is 296 g/mol. The van der Waals surface area contributed by atoms with Crippen molar-refractivity contribution < 1.29 is 10.2 Å². The van der Waals surface area contributed by atoms with Crippen molar-refractivity contribution in [1.82, 2.24) is 0 Å². The van der Waals surface area contributed by atoms with Crippen molar-refractivity contribution in [3.05, 3.63) is 27.7 Å². The molecule has 0 spiro atoms. The van der Waals surface area contributed by atoms with E-state index < -0.39 is 12.1 Å². The van der Waals surface area contributed by atoms with Gasteiger partial charge in [-0.3, -0.25) is 0 Å². The fourth-order valence-corrected chi connectivity index (χ4v) is 2.30. The predicted octanol–water partition coefficient (Wildman–Crippen LogP) is 3.67. The van der Waals surface area contributed by atoms with Gasteiger partial charge in [0.2, 0.25) is 0 Å². The Bertz CT molecular complexity index is 365. The summed E-state index contributed by atoms with van der Waals surface area (Å²) in [4.78, 5) is 0. The smallest absolute Gasteiger partial charge is 0.123 e.